The molecule has 0 bridgehead atoms. The third-order valence-electron chi connectivity index (χ3n) is 2.90. The molecule has 20 heavy (non-hydrogen) atoms. The number of aromatic nitrogens is 2. The van der Waals surface area contributed by atoms with Gasteiger partial charge in [-0.25, -0.2) is 14.8 Å². The van der Waals surface area contributed by atoms with Crippen LogP contribution in [-0.2, 0) is 6.54 Å². The van der Waals surface area contributed by atoms with Crippen LogP contribution in [0.25, 0.3) is 0 Å². The van der Waals surface area contributed by atoms with Crippen molar-refractivity contribution in [1.29, 1.82) is 0 Å². The molecule has 104 valence electrons. The highest BCUT2D eigenvalue weighted by molar-refractivity contribution is 6.31. The maximum Gasteiger partial charge on any atom is 0.339 e. The molecule has 5 nitrogen and oxygen atoms in total. The lowest BCUT2D eigenvalue weighted by atomic mass is 10.2. The maximum absolute atomic E-state index is 10.9. The number of hydrogen-bond acceptors (Lipinski definition) is 4. The van der Waals surface area contributed by atoms with Gasteiger partial charge in [-0.2, -0.15) is 0 Å². The third-order valence-corrected chi connectivity index (χ3v) is 3.27. The Morgan fingerprint density at radius 1 is 1.40 bits per heavy atom. The molecule has 1 aromatic heterocycles. The van der Waals surface area contributed by atoms with Gasteiger partial charge in [0, 0.05) is 24.8 Å². The summed E-state index contributed by atoms with van der Waals surface area (Å²) in [5.74, 6) is -0.560. The molecule has 2 rings (SSSR count). The summed E-state index contributed by atoms with van der Waals surface area (Å²) in [5.41, 5.74) is 1.51. The molecule has 0 fully saturated rings. The monoisotopic (exact) mass is 291 g/mol. The number of carbonyl (C=O) groups is 1. The van der Waals surface area contributed by atoms with E-state index in [4.69, 9.17) is 16.7 Å². The van der Waals surface area contributed by atoms with E-state index in [9.17, 15) is 4.79 Å². The van der Waals surface area contributed by atoms with Gasteiger partial charge < -0.3 is 10.0 Å². The molecule has 0 radical (unpaired) electrons. The molecule has 0 spiro atoms. The van der Waals surface area contributed by atoms with Crippen molar-refractivity contribution in [2.24, 2.45) is 0 Å². The minimum Gasteiger partial charge on any atom is -0.478 e. The van der Waals surface area contributed by atoms with E-state index in [1.807, 2.05) is 36.2 Å². The van der Waals surface area contributed by atoms with Gasteiger partial charge in [0.2, 0.25) is 5.95 Å². The summed E-state index contributed by atoms with van der Waals surface area (Å²) in [6.45, 7) is 2.20. The third kappa shape index (κ3) is 3.05. The molecule has 6 heteroatoms. The van der Waals surface area contributed by atoms with E-state index in [1.54, 1.807) is 6.92 Å². The van der Waals surface area contributed by atoms with Crippen molar-refractivity contribution < 1.29 is 9.90 Å². The summed E-state index contributed by atoms with van der Waals surface area (Å²) in [4.78, 5) is 21.0. The molecule has 2 aromatic rings. The van der Waals surface area contributed by atoms with E-state index >= 15 is 0 Å². The van der Waals surface area contributed by atoms with Crippen LogP contribution in [0.15, 0.2) is 30.5 Å². The van der Waals surface area contributed by atoms with E-state index in [2.05, 4.69) is 9.97 Å². The van der Waals surface area contributed by atoms with Crippen molar-refractivity contribution in [3.05, 3.63) is 52.3 Å². The molecule has 0 unspecified atom stereocenters. The van der Waals surface area contributed by atoms with Crippen LogP contribution in [0.2, 0.25) is 5.02 Å². The average molecular weight is 292 g/mol. The standard InChI is InChI=1S/C14H14ClN3O2/c1-9-11(13(19)20)7-16-14(17-9)18(2)8-10-5-3-4-6-12(10)15/h3-7H,8H2,1-2H3,(H,19,20). The summed E-state index contributed by atoms with van der Waals surface area (Å²) < 4.78 is 0. The van der Waals surface area contributed by atoms with Crippen LogP contribution < -0.4 is 4.90 Å². The number of aryl methyl sites for hydroxylation is 1. The Morgan fingerprint density at radius 2 is 2.10 bits per heavy atom. The quantitative estimate of drug-likeness (QED) is 0.938. The second kappa shape index (κ2) is 5.88. The van der Waals surface area contributed by atoms with Crippen LogP contribution >= 0.6 is 11.6 Å². The SMILES string of the molecule is Cc1nc(N(C)Cc2ccccc2Cl)ncc1C(=O)O. The van der Waals surface area contributed by atoms with Gasteiger partial charge in [0.1, 0.15) is 0 Å². The van der Waals surface area contributed by atoms with Crippen molar-refractivity contribution >= 4 is 23.5 Å². The highest BCUT2D eigenvalue weighted by Crippen LogP contribution is 2.19. The number of aromatic carboxylic acids is 1. The van der Waals surface area contributed by atoms with Crippen LogP contribution in [0, 0.1) is 6.92 Å². The molecule has 0 saturated carbocycles. The van der Waals surface area contributed by atoms with Crippen molar-refractivity contribution in [2.75, 3.05) is 11.9 Å². The second-order valence-corrected chi connectivity index (χ2v) is 4.83. The predicted octanol–water partition coefficient (Wildman–Crippen LogP) is 2.77. The number of carboxylic acid groups (broad SMARTS) is 1. The summed E-state index contributed by atoms with van der Waals surface area (Å²) in [5, 5.41) is 9.63. The first-order valence-electron chi connectivity index (χ1n) is 6.00. The zero-order valence-electron chi connectivity index (χ0n) is 11.2. The van der Waals surface area contributed by atoms with Crippen LogP contribution in [-0.4, -0.2) is 28.1 Å². The molecular formula is C14H14ClN3O2. The number of carboxylic acids is 1. The zero-order valence-corrected chi connectivity index (χ0v) is 11.9. The van der Waals surface area contributed by atoms with Gasteiger partial charge in [0.05, 0.1) is 11.3 Å². The van der Waals surface area contributed by atoms with Crippen LogP contribution in [0.3, 0.4) is 0 Å². The predicted molar refractivity (Wildman–Crippen MR) is 77.3 cm³/mol. The first-order chi connectivity index (χ1) is 9.49. The molecule has 0 aliphatic carbocycles. The molecule has 1 heterocycles. The Morgan fingerprint density at radius 3 is 2.70 bits per heavy atom. The fourth-order valence-corrected chi connectivity index (χ4v) is 2.00. The summed E-state index contributed by atoms with van der Waals surface area (Å²) >= 11 is 6.11. The summed E-state index contributed by atoms with van der Waals surface area (Å²) in [6, 6.07) is 7.53. The Labute approximate surface area is 121 Å². The van der Waals surface area contributed by atoms with Gasteiger partial charge in [-0.15, -0.1) is 0 Å². The first kappa shape index (κ1) is 14.3. The largest absolute Gasteiger partial charge is 0.478 e. The molecule has 0 aliphatic heterocycles. The van der Waals surface area contributed by atoms with Crippen LogP contribution in [0.1, 0.15) is 21.6 Å². The fourth-order valence-electron chi connectivity index (χ4n) is 1.80. The maximum atomic E-state index is 10.9. The molecule has 1 N–H and O–H groups in total. The Hall–Kier alpha value is -2.14. The minimum absolute atomic E-state index is 0.111. The number of nitrogens with zero attached hydrogens (tertiary/aromatic N) is 3. The highest BCUT2D eigenvalue weighted by atomic mass is 35.5. The number of rotatable bonds is 4. The highest BCUT2D eigenvalue weighted by Gasteiger charge is 2.13. The molecular weight excluding hydrogens is 278 g/mol. The Balaban J connectivity index is 2.22. The lowest BCUT2D eigenvalue weighted by Gasteiger charge is -2.18. The van der Waals surface area contributed by atoms with Crippen molar-refractivity contribution in [3.8, 4) is 0 Å². The molecule has 0 amide bonds. The normalized spacial score (nSPS) is 10.3. The van der Waals surface area contributed by atoms with Crippen molar-refractivity contribution in [3.63, 3.8) is 0 Å². The van der Waals surface area contributed by atoms with Crippen molar-refractivity contribution in [2.45, 2.75) is 13.5 Å². The lowest BCUT2D eigenvalue weighted by Crippen LogP contribution is -2.20. The summed E-state index contributed by atoms with van der Waals surface area (Å²) in [7, 11) is 1.83. The van der Waals surface area contributed by atoms with E-state index in [0.717, 1.165) is 5.56 Å². The van der Waals surface area contributed by atoms with Crippen molar-refractivity contribution in [1.82, 2.24) is 9.97 Å². The van der Waals surface area contributed by atoms with Gasteiger partial charge in [-0.05, 0) is 18.6 Å². The van der Waals surface area contributed by atoms with E-state index < -0.39 is 5.97 Å². The van der Waals surface area contributed by atoms with Gasteiger partial charge in [0.25, 0.3) is 0 Å². The van der Waals surface area contributed by atoms with E-state index in [1.165, 1.54) is 6.20 Å². The smallest absolute Gasteiger partial charge is 0.339 e. The number of halogens is 1. The average Bonchev–Trinajstić information content (AvgIpc) is 2.40. The lowest BCUT2D eigenvalue weighted by molar-refractivity contribution is 0.0695. The minimum atomic E-state index is -1.03. The molecule has 0 atom stereocenters. The zero-order chi connectivity index (χ0) is 14.7. The first-order valence-corrected chi connectivity index (χ1v) is 6.38. The molecule has 1 aromatic carbocycles. The Kier molecular flexibility index (Phi) is 4.20. The van der Waals surface area contributed by atoms with Gasteiger partial charge in [0.15, 0.2) is 0 Å². The van der Waals surface area contributed by atoms with Gasteiger partial charge >= 0.3 is 5.97 Å². The number of anilines is 1. The fraction of sp³-hybridized carbons (Fsp3) is 0.214. The van der Waals surface area contributed by atoms with Crippen LogP contribution in [0.4, 0.5) is 5.95 Å². The number of hydrogen-bond donors (Lipinski definition) is 1. The van der Waals surface area contributed by atoms with E-state index in [-0.39, 0.29) is 5.56 Å². The number of benzene rings is 1. The molecule has 0 saturated heterocycles. The van der Waals surface area contributed by atoms with Gasteiger partial charge in [-0.1, -0.05) is 29.8 Å². The summed E-state index contributed by atoms with van der Waals surface area (Å²) in [6.07, 6.45) is 1.32. The van der Waals surface area contributed by atoms with E-state index in [0.29, 0.717) is 23.2 Å². The second-order valence-electron chi connectivity index (χ2n) is 4.42. The Bertz CT molecular complexity index is 646. The van der Waals surface area contributed by atoms with Crippen LogP contribution in [0.5, 0.6) is 0 Å². The van der Waals surface area contributed by atoms with Gasteiger partial charge in [-0.3, -0.25) is 0 Å². The molecule has 0 aliphatic rings. The topological polar surface area (TPSA) is 66.3 Å².